The van der Waals surface area contributed by atoms with Gasteiger partial charge in [-0.3, -0.25) is 0 Å². The number of hydrogen-bond acceptors (Lipinski definition) is 2. The van der Waals surface area contributed by atoms with E-state index in [9.17, 15) is 0 Å². The summed E-state index contributed by atoms with van der Waals surface area (Å²) >= 11 is 0. The highest BCUT2D eigenvalue weighted by Gasteiger charge is 2.04. The van der Waals surface area contributed by atoms with Gasteiger partial charge in [-0.15, -0.1) is 0 Å². The van der Waals surface area contributed by atoms with Crippen LogP contribution in [0, 0.1) is 0 Å². The first-order chi connectivity index (χ1) is 7.63. The van der Waals surface area contributed by atoms with Crippen LogP contribution < -0.4 is 5.32 Å². The fourth-order valence-electron chi connectivity index (χ4n) is 1.65. The smallest absolute Gasteiger partial charge is 0.0230 e. The fourth-order valence-corrected chi connectivity index (χ4v) is 1.65. The van der Waals surface area contributed by atoms with Gasteiger partial charge >= 0.3 is 0 Å². The Morgan fingerprint density at radius 3 is 2.38 bits per heavy atom. The zero-order chi connectivity index (χ0) is 12.0. The van der Waals surface area contributed by atoms with Gasteiger partial charge in [-0.1, -0.05) is 31.2 Å². The summed E-state index contributed by atoms with van der Waals surface area (Å²) in [6.07, 6.45) is 1.18. The second-order valence-corrected chi connectivity index (χ2v) is 4.70. The molecule has 1 aromatic rings. The summed E-state index contributed by atoms with van der Waals surface area (Å²) < 4.78 is 0. The van der Waals surface area contributed by atoms with E-state index in [0.717, 1.165) is 13.1 Å². The summed E-state index contributed by atoms with van der Waals surface area (Å²) in [6, 6.07) is 9.26. The van der Waals surface area contributed by atoms with Gasteiger partial charge in [0.2, 0.25) is 0 Å². The molecule has 0 heterocycles. The monoisotopic (exact) mass is 220 g/mol. The number of hydrogen-bond donors (Lipinski definition) is 1. The van der Waals surface area contributed by atoms with Crippen LogP contribution in [0.4, 0.5) is 0 Å². The molecule has 0 fully saturated rings. The summed E-state index contributed by atoms with van der Waals surface area (Å²) in [5, 5.41) is 3.54. The van der Waals surface area contributed by atoms with E-state index in [4.69, 9.17) is 0 Å². The van der Waals surface area contributed by atoms with E-state index in [1.54, 1.807) is 0 Å². The zero-order valence-electron chi connectivity index (χ0n) is 11.0. The van der Waals surface area contributed by atoms with Crippen molar-refractivity contribution in [3.05, 3.63) is 35.4 Å². The molecule has 1 N–H and O–H groups in total. The maximum absolute atomic E-state index is 3.54. The Bertz CT molecular complexity index is 307. The minimum Gasteiger partial charge on any atom is -0.310 e. The molecule has 1 rings (SSSR count). The predicted molar refractivity (Wildman–Crippen MR) is 70.4 cm³/mol. The van der Waals surface area contributed by atoms with Crippen LogP contribution in [0.3, 0.4) is 0 Å². The molecule has 0 amide bonds. The molecular formula is C14H24N2. The third kappa shape index (κ3) is 4.33. The molecule has 1 atom stereocenters. The highest BCUT2D eigenvalue weighted by atomic mass is 15.0. The van der Waals surface area contributed by atoms with Gasteiger partial charge in [-0.25, -0.2) is 0 Å². The molecule has 0 bridgehead atoms. The average Bonchev–Trinajstić information content (AvgIpc) is 2.26. The molecule has 0 radical (unpaired) electrons. The molecule has 90 valence electrons. The van der Waals surface area contributed by atoms with E-state index in [0.29, 0.717) is 6.04 Å². The molecule has 0 saturated carbocycles. The number of nitrogens with zero attached hydrogens (tertiary/aromatic N) is 1. The molecule has 0 aromatic heterocycles. The quantitative estimate of drug-likeness (QED) is 0.793. The van der Waals surface area contributed by atoms with Crippen molar-refractivity contribution in [3.63, 3.8) is 0 Å². The molecule has 0 aliphatic carbocycles. The van der Waals surface area contributed by atoms with Crippen molar-refractivity contribution in [2.75, 3.05) is 14.1 Å². The Labute approximate surface area is 99.7 Å². The van der Waals surface area contributed by atoms with E-state index in [1.807, 2.05) is 0 Å². The van der Waals surface area contributed by atoms with E-state index >= 15 is 0 Å². The SMILES string of the molecule is CCC(C)NCc1ccccc1CN(C)C. The molecule has 1 unspecified atom stereocenters. The second kappa shape index (κ2) is 6.66. The van der Waals surface area contributed by atoms with E-state index in [-0.39, 0.29) is 0 Å². The lowest BCUT2D eigenvalue weighted by Crippen LogP contribution is -2.25. The first-order valence-electron chi connectivity index (χ1n) is 6.08. The van der Waals surface area contributed by atoms with Gasteiger partial charge in [0.25, 0.3) is 0 Å². The highest BCUT2D eigenvalue weighted by Crippen LogP contribution is 2.10. The topological polar surface area (TPSA) is 15.3 Å². The van der Waals surface area contributed by atoms with Crippen LogP contribution in [-0.2, 0) is 13.1 Å². The molecule has 0 spiro atoms. The zero-order valence-corrected chi connectivity index (χ0v) is 11.0. The van der Waals surface area contributed by atoms with Crippen LogP contribution in [0.2, 0.25) is 0 Å². The minimum absolute atomic E-state index is 0.590. The second-order valence-electron chi connectivity index (χ2n) is 4.70. The average molecular weight is 220 g/mol. The Hall–Kier alpha value is -0.860. The maximum atomic E-state index is 3.54. The third-order valence-electron chi connectivity index (χ3n) is 2.86. The van der Waals surface area contributed by atoms with Gasteiger partial charge in [0, 0.05) is 19.1 Å². The molecule has 0 aliphatic rings. The lowest BCUT2D eigenvalue weighted by atomic mass is 10.1. The largest absolute Gasteiger partial charge is 0.310 e. The molecule has 2 heteroatoms. The summed E-state index contributed by atoms with van der Waals surface area (Å²) in [5.74, 6) is 0. The van der Waals surface area contributed by atoms with Crippen LogP contribution >= 0.6 is 0 Å². The van der Waals surface area contributed by atoms with E-state index < -0.39 is 0 Å². The lowest BCUT2D eigenvalue weighted by molar-refractivity contribution is 0.399. The van der Waals surface area contributed by atoms with Gasteiger partial charge in [-0.05, 0) is 38.6 Å². The standard InChI is InChI=1S/C14H24N2/c1-5-12(2)15-10-13-8-6-7-9-14(13)11-16(3)4/h6-9,12,15H,5,10-11H2,1-4H3. The molecular weight excluding hydrogens is 196 g/mol. The first kappa shape index (κ1) is 13.2. The molecule has 0 aliphatic heterocycles. The normalized spacial score (nSPS) is 13.1. The minimum atomic E-state index is 0.590. The van der Waals surface area contributed by atoms with Gasteiger partial charge in [0.05, 0.1) is 0 Å². The predicted octanol–water partition coefficient (Wildman–Crippen LogP) is 2.64. The van der Waals surface area contributed by atoms with Crippen LogP contribution in [0.5, 0.6) is 0 Å². The third-order valence-corrected chi connectivity index (χ3v) is 2.86. The maximum Gasteiger partial charge on any atom is 0.0230 e. The lowest BCUT2D eigenvalue weighted by Gasteiger charge is -2.16. The first-order valence-corrected chi connectivity index (χ1v) is 6.08. The van der Waals surface area contributed by atoms with Gasteiger partial charge in [0.1, 0.15) is 0 Å². The van der Waals surface area contributed by atoms with Crippen molar-refractivity contribution in [1.29, 1.82) is 0 Å². The van der Waals surface area contributed by atoms with Gasteiger partial charge in [-0.2, -0.15) is 0 Å². The number of benzene rings is 1. The summed E-state index contributed by atoms with van der Waals surface area (Å²) in [6.45, 7) is 6.43. The van der Waals surface area contributed by atoms with E-state index in [1.165, 1.54) is 17.5 Å². The van der Waals surface area contributed by atoms with Crippen LogP contribution in [0.25, 0.3) is 0 Å². The van der Waals surface area contributed by atoms with Crippen LogP contribution in [0.1, 0.15) is 31.4 Å². The Morgan fingerprint density at radius 1 is 1.19 bits per heavy atom. The molecule has 2 nitrogen and oxygen atoms in total. The van der Waals surface area contributed by atoms with Crippen molar-refractivity contribution >= 4 is 0 Å². The van der Waals surface area contributed by atoms with Gasteiger partial charge < -0.3 is 10.2 Å². The van der Waals surface area contributed by atoms with Gasteiger partial charge in [0.15, 0.2) is 0 Å². The summed E-state index contributed by atoms with van der Waals surface area (Å²) in [7, 11) is 4.22. The Balaban J connectivity index is 2.63. The van der Waals surface area contributed by atoms with Crippen molar-refractivity contribution in [1.82, 2.24) is 10.2 Å². The summed E-state index contributed by atoms with van der Waals surface area (Å²) in [4.78, 5) is 2.21. The van der Waals surface area contributed by atoms with Crippen LogP contribution in [0.15, 0.2) is 24.3 Å². The Morgan fingerprint density at radius 2 is 1.81 bits per heavy atom. The van der Waals surface area contributed by atoms with Crippen LogP contribution in [-0.4, -0.2) is 25.0 Å². The molecule has 0 saturated heterocycles. The number of rotatable bonds is 6. The van der Waals surface area contributed by atoms with E-state index in [2.05, 4.69) is 62.4 Å². The van der Waals surface area contributed by atoms with Crippen molar-refractivity contribution in [3.8, 4) is 0 Å². The number of nitrogens with one attached hydrogen (secondary N) is 1. The summed E-state index contributed by atoms with van der Waals surface area (Å²) in [5.41, 5.74) is 2.83. The van der Waals surface area contributed by atoms with Crippen molar-refractivity contribution < 1.29 is 0 Å². The van der Waals surface area contributed by atoms with Crippen molar-refractivity contribution in [2.45, 2.75) is 39.4 Å². The molecule has 16 heavy (non-hydrogen) atoms. The highest BCUT2D eigenvalue weighted by molar-refractivity contribution is 5.26. The Kier molecular flexibility index (Phi) is 5.50. The fraction of sp³-hybridized carbons (Fsp3) is 0.571. The van der Waals surface area contributed by atoms with Crippen molar-refractivity contribution in [2.24, 2.45) is 0 Å². The molecule has 1 aromatic carbocycles.